The molecule has 0 unspecified atom stereocenters. The molecule has 6 nitrogen and oxygen atoms in total. The molecule has 9 heteroatoms. The van der Waals surface area contributed by atoms with Crippen molar-refractivity contribution in [1.82, 2.24) is 9.62 Å². The number of benzene rings is 3. The summed E-state index contributed by atoms with van der Waals surface area (Å²) in [6, 6.07) is 16.9. The molecule has 4 rings (SSSR count). The van der Waals surface area contributed by atoms with Gasteiger partial charge in [-0.1, -0.05) is 59.6 Å². The van der Waals surface area contributed by atoms with Crippen molar-refractivity contribution in [2.24, 2.45) is 0 Å². The molecule has 1 amide bonds. The number of ether oxygens (including phenoxy) is 1. The highest BCUT2D eigenvalue weighted by atomic mass is 35.5. The second-order valence-corrected chi connectivity index (χ2v) is 10.1. The number of hydrogen-bond donors (Lipinski definition) is 1. The van der Waals surface area contributed by atoms with Gasteiger partial charge in [-0.3, -0.25) is 4.79 Å². The summed E-state index contributed by atoms with van der Waals surface area (Å²) in [5.74, 6) is 0.0856. The van der Waals surface area contributed by atoms with Gasteiger partial charge in [-0.05, 0) is 47.9 Å². The van der Waals surface area contributed by atoms with Crippen molar-refractivity contribution in [3.63, 3.8) is 0 Å². The van der Waals surface area contributed by atoms with E-state index in [0.717, 1.165) is 10.8 Å². The van der Waals surface area contributed by atoms with Crippen molar-refractivity contribution < 1.29 is 17.9 Å². The predicted molar refractivity (Wildman–Crippen MR) is 126 cm³/mol. The summed E-state index contributed by atoms with van der Waals surface area (Å²) < 4.78 is 33.4. The van der Waals surface area contributed by atoms with Crippen LogP contribution in [0.5, 0.6) is 5.75 Å². The number of carbonyl (C=O) groups is 1. The molecule has 1 heterocycles. The molecular formula is C23H22Cl2N2O4S. The monoisotopic (exact) mass is 492 g/mol. The molecule has 168 valence electrons. The summed E-state index contributed by atoms with van der Waals surface area (Å²) in [6.07, 6.45) is 1.10. The molecule has 3 aromatic rings. The molecule has 1 N–H and O–H groups in total. The fourth-order valence-corrected chi connectivity index (χ4v) is 5.84. The standard InChI is InChI=1S/C23H22Cl2N2O4S/c24-19-7-3-9-21(22(19)25)31-14-12-26-23(28)20-8-4-13-27(20)32(29,30)18-11-10-16-5-1-2-6-17(16)15-18/h1-3,5-7,9-11,15,20H,4,8,12-14H2,(H,26,28)/t20-/m1/s1. The molecule has 0 aromatic heterocycles. The lowest BCUT2D eigenvalue weighted by atomic mass is 10.1. The number of fused-ring (bicyclic) bond motifs is 1. The van der Waals surface area contributed by atoms with Gasteiger partial charge in [0, 0.05) is 6.54 Å². The van der Waals surface area contributed by atoms with Crippen LogP contribution in [0.25, 0.3) is 10.8 Å². The van der Waals surface area contributed by atoms with E-state index in [9.17, 15) is 13.2 Å². The number of carbonyl (C=O) groups excluding carboxylic acids is 1. The molecule has 3 aromatic carbocycles. The van der Waals surface area contributed by atoms with Gasteiger partial charge in [0.25, 0.3) is 0 Å². The SMILES string of the molecule is O=C(NCCOc1cccc(Cl)c1Cl)[C@H]1CCCN1S(=O)(=O)c1ccc2ccccc2c1. The summed E-state index contributed by atoms with van der Waals surface area (Å²) in [6.45, 7) is 0.694. The maximum atomic E-state index is 13.3. The van der Waals surface area contributed by atoms with E-state index < -0.39 is 16.1 Å². The van der Waals surface area contributed by atoms with Crippen molar-refractivity contribution in [3.8, 4) is 5.75 Å². The first-order valence-electron chi connectivity index (χ1n) is 10.2. The third-order valence-electron chi connectivity index (χ3n) is 5.41. The van der Waals surface area contributed by atoms with Gasteiger partial charge in [-0.2, -0.15) is 4.31 Å². The average molecular weight is 493 g/mol. The molecule has 32 heavy (non-hydrogen) atoms. The first-order valence-corrected chi connectivity index (χ1v) is 12.4. The van der Waals surface area contributed by atoms with Crippen molar-refractivity contribution in [2.75, 3.05) is 19.7 Å². The Morgan fingerprint density at radius 1 is 1.06 bits per heavy atom. The van der Waals surface area contributed by atoms with E-state index in [1.54, 1.807) is 36.4 Å². The van der Waals surface area contributed by atoms with Crippen molar-refractivity contribution >= 4 is 49.9 Å². The molecule has 1 saturated heterocycles. The van der Waals surface area contributed by atoms with Crippen molar-refractivity contribution in [3.05, 3.63) is 70.7 Å². The molecule has 0 aliphatic carbocycles. The van der Waals surface area contributed by atoms with Crippen LogP contribution in [0.4, 0.5) is 0 Å². The Morgan fingerprint density at radius 3 is 2.66 bits per heavy atom. The van der Waals surface area contributed by atoms with Crippen molar-refractivity contribution in [2.45, 2.75) is 23.8 Å². The maximum Gasteiger partial charge on any atom is 0.243 e. The summed E-state index contributed by atoms with van der Waals surface area (Å²) in [7, 11) is -3.80. The van der Waals surface area contributed by atoms with E-state index in [1.807, 2.05) is 24.3 Å². The lowest BCUT2D eigenvalue weighted by Gasteiger charge is -2.23. The number of hydrogen-bond acceptors (Lipinski definition) is 4. The third-order valence-corrected chi connectivity index (χ3v) is 8.11. The summed E-state index contributed by atoms with van der Waals surface area (Å²) >= 11 is 12.0. The number of amides is 1. The fourth-order valence-electron chi connectivity index (χ4n) is 3.80. The minimum absolute atomic E-state index is 0.177. The van der Waals surface area contributed by atoms with Gasteiger partial charge in [-0.15, -0.1) is 0 Å². The molecule has 0 spiro atoms. The largest absolute Gasteiger partial charge is 0.490 e. The topological polar surface area (TPSA) is 75.7 Å². The van der Waals surface area contributed by atoms with Crippen LogP contribution in [0.3, 0.4) is 0 Å². The lowest BCUT2D eigenvalue weighted by molar-refractivity contribution is -0.124. The Labute approximate surface area is 197 Å². The van der Waals surface area contributed by atoms with Crippen LogP contribution < -0.4 is 10.1 Å². The quantitative estimate of drug-likeness (QED) is 0.492. The highest BCUT2D eigenvalue weighted by Crippen LogP contribution is 2.31. The van der Waals surface area contributed by atoms with Crippen LogP contribution in [-0.2, 0) is 14.8 Å². The molecule has 1 atom stereocenters. The Kier molecular flexibility index (Phi) is 6.90. The predicted octanol–water partition coefficient (Wildman–Crippen LogP) is 4.49. The van der Waals surface area contributed by atoms with Crippen LogP contribution in [0.2, 0.25) is 10.0 Å². The van der Waals surface area contributed by atoms with Gasteiger partial charge in [-0.25, -0.2) is 8.42 Å². The van der Waals surface area contributed by atoms with Crippen molar-refractivity contribution in [1.29, 1.82) is 0 Å². The second kappa shape index (κ2) is 9.67. The van der Waals surface area contributed by atoms with Gasteiger partial charge in [0.2, 0.25) is 15.9 Å². The number of rotatable bonds is 7. The molecule has 1 fully saturated rings. The van der Waals surface area contributed by atoms with E-state index in [-0.39, 0.29) is 24.0 Å². The minimum Gasteiger partial charge on any atom is -0.490 e. The van der Waals surface area contributed by atoms with Crippen LogP contribution in [-0.4, -0.2) is 44.4 Å². The summed E-state index contributed by atoms with van der Waals surface area (Å²) in [5, 5.41) is 5.26. The smallest absolute Gasteiger partial charge is 0.243 e. The van der Waals surface area contributed by atoms with E-state index in [0.29, 0.717) is 35.2 Å². The Balaban J connectivity index is 1.40. The van der Waals surface area contributed by atoms with Crippen LogP contribution in [0, 0.1) is 0 Å². The molecule has 1 aliphatic heterocycles. The van der Waals surface area contributed by atoms with Crippen LogP contribution in [0.15, 0.2) is 65.6 Å². The van der Waals surface area contributed by atoms with Gasteiger partial charge >= 0.3 is 0 Å². The highest BCUT2D eigenvalue weighted by Gasteiger charge is 2.39. The lowest BCUT2D eigenvalue weighted by Crippen LogP contribution is -2.46. The Hall–Kier alpha value is -2.32. The average Bonchev–Trinajstić information content (AvgIpc) is 3.30. The Bertz CT molecular complexity index is 1250. The minimum atomic E-state index is -3.80. The Morgan fingerprint density at radius 2 is 1.84 bits per heavy atom. The van der Waals surface area contributed by atoms with E-state index in [1.165, 1.54) is 4.31 Å². The zero-order chi connectivity index (χ0) is 22.7. The number of halogens is 2. The first-order chi connectivity index (χ1) is 15.4. The highest BCUT2D eigenvalue weighted by molar-refractivity contribution is 7.89. The zero-order valence-electron chi connectivity index (χ0n) is 17.1. The normalized spacial score (nSPS) is 16.9. The van der Waals surface area contributed by atoms with Gasteiger partial charge < -0.3 is 10.1 Å². The first kappa shape index (κ1) is 22.9. The van der Waals surface area contributed by atoms with E-state index in [2.05, 4.69) is 5.32 Å². The maximum absolute atomic E-state index is 13.3. The summed E-state index contributed by atoms with van der Waals surface area (Å²) in [5.41, 5.74) is 0. The van der Waals surface area contributed by atoms with E-state index >= 15 is 0 Å². The van der Waals surface area contributed by atoms with E-state index in [4.69, 9.17) is 27.9 Å². The zero-order valence-corrected chi connectivity index (χ0v) is 19.5. The fraction of sp³-hybridized carbons (Fsp3) is 0.261. The van der Waals surface area contributed by atoms with Crippen LogP contribution >= 0.6 is 23.2 Å². The van der Waals surface area contributed by atoms with Gasteiger partial charge in [0.05, 0.1) is 16.5 Å². The molecule has 1 aliphatic rings. The third kappa shape index (κ3) is 4.71. The molecule has 0 bridgehead atoms. The van der Waals surface area contributed by atoms with Crippen LogP contribution in [0.1, 0.15) is 12.8 Å². The summed E-state index contributed by atoms with van der Waals surface area (Å²) in [4.78, 5) is 12.9. The molecule has 0 radical (unpaired) electrons. The second-order valence-electron chi connectivity index (χ2n) is 7.47. The van der Waals surface area contributed by atoms with Gasteiger partial charge in [0.15, 0.2) is 0 Å². The number of nitrogens with one attached hydrogen (secondary N) is 1. The number of sulfonamides is 1. The molecular weight excluding hydrogens is 471 g/mol. The molecule has 0 saturated carbocycles. The van der Waals surface area contributed by atoms with Gasteiger partial charge in [0.1, 0.15) is 23.4 Å². The number of nitrogens with zero attached hydrogens (tertiary/aromatic N) is 1.